The Morgan fingerprint density at radius 3 is 1.59 bits per heavy atom. The van der Waals surface area contributed by atoms with E-state index in [2.05, 4.69) is 135 Å². The van der Waals surface area contributed by atoms with E-state index in [1.807, 2.05) is 0 Å². The molecule has 34 heavy (non-hydrogen) atoms. The second-order valence-corrected chi connectivity index (χ2v) is 12.7. The van der Waals surface area contributed by atoms with Gasteiger partial charge in [0.1, 0.15) is 5.69 Å². The molecule has 0 spiro atoms. The van der Waals surface area contributed by atoms with E-state index in [0.717, 1.165) is 0 Å². The summed E-state index contributed by atoms with van der Waals surface area (Å²) in [7, 11) is 0. The fourth-order valence-electron chi connectivity index (χ4n) is 7.44. The monoisotopic (exact) mass is 459 g/mol. The minimum absolute atomic E-state index is 0.0412. The quantitative estimate of drug-likeness (QED) is 0.408. The first-order chi connectivity index (χ1) is 15.7. The summed E-state index contributed by atoms with van der Waals surface area (Å²) in [6.45, 7) is 29.0. The average molecular weight is 460 g/mol. The Labute approximate surface area is 209 Å². The number of hydrogen-bond acceptors (Lipinski definition) is 1. The van der Waals surface area contributed by atoms with E-state index in [4.69, 9.17) is 0 Å². The highest BCUT2D eigenvalue weighted by Crippen LogP contribution is 2.64. The van der Waals surface area contributed by atoms with Crippen molar-refractivity contribution in [2.45, 2.75) is 117 Å². The molecule has 0 aromatic heterocycles. The van der Waals surface area contributed by atoms with Crippen LogP contribution in [-0.2, 0) is 11.0 Å². The van der Waals surface area contributed by atoms with Crippen LogP contribution in [0.4, 0.5) is 5.69 Å². The smallest absolute Gasteiger partial charge is 0.249 e. The van der Waals surface area contributed by atoms with Gasteiger partial charge >= 0.3 is 0 Å². The number of benzene rings is 2. The van der Waals surface area contributed by atoms with Crippen LogP contribution in [0.15, 0.2) is 42.5 Å². The molecule has 1 aliphatic carbocycles. The SMILES string of the molecule is CC(C)C1=[N+](C(C)C)[C@]2(C)c3ccccc3C(C)(C)[C@]2(C)N1c1c(C(C)C)cccc1C(C)C. The number of fused-ring (bicyclic) bond motifs is 3. The predicted octanol–water partition coefficient (Wildman–Crippen LogP) is 8.19. The van der Waals surface area contributed by atoms with E-state index in [1.54, 1.807) is 0 Å². The molecule has 2 aliphatic rings. The van der Waals surface area contributed by atoms with E-state index in [-0.39, 0.29) is 16.5 Å². The zero-order valence-electron chi connectivity index (χ0n) is 23.7. The lowest BCUT2D eigenvalue weighted by Gasteiger charge is -2.46. The third kappa shape index (κ3) is 2.90. The molecule has 2 atom stereocenters. The number of hydrogen-bond donors (Lipinski definition) is 0. The predicted molar refractivity (Wildman–Crippen MR) is 148 cm³/mol. The normalized spacial score (nSPS) is 25.8. The maximum absolute atomic E-state index is 2.84. The lowest BCUT2D eigenvalue weighted by Crippen LogP contribution is -2.63. The number of anilines is 1. The molecule has 0 amide bonds. The van der Waals surface area contributed by atoms with Gasteiger partial charge < -0.3 is 0 Å². The van der Waals surface area contributed by atoms with Crippen LogP contribution in [0.3, 0.4) is 0 Å². The third-order valence-corrected chi connectivity index (χ3v) is 9.29. The summed E-state index contributed by atoms with van der Waals surface area (Å²) in [6, 6.07) is 16.7. The fourth-order valence-corrected chi connectivity index (χ4v) is 7.44. The number of rotatable bonds is 5. The van der Waals surface area contributed by atoms with E-state index >= 15 is 0 Å². The van der Waals surface area contributed by atoms with Gasteiger partial charge in [-0.05, 0) is 45.1 Å². The van der Waals surface area contributed by atoms with E-state index in [1.165, 1.54) is 33.8 Å². The van der Waals surface area contributed by atoms with Crippen LogP contribution in [0.25, 0.3) is 0 Å². The molecule has 2 nitrogen and oxygen atoms in total. The Hall–Kier alpha value is -2.09. The highest BCUT2D eigenvalue weighted by Gasteiger charge is 2.77. The highest BCUT2D eigenvalue weighted by molar-refractivity contribution is 6.01. The largest absolute Gasteiger partial charge is 0.256 e. The average Bonchev–Trinajstić information content (AvgIpc) is 3.06. The molecule has 184 valence electrons. The lowest BCUT2D eigenvalue weighted by atomic mass is 9.66. The zero-order valence-corrected chi connectivity index (χ0v) is 23.7. The fraction of sp³-hybridized carbons (Fsp3) is 0.594. The van der Waals surface area contributed by atoms with Gasteiger partial charge in [-0.3, -0.25) is 0 Å². The first-order valence-electron chi connectivity index (χ1n) is 13.4. The molecular formula is C32H47N2+. The Morgan fingerprint density at radius 2 is 1.15 bits per heavy atom. The maximum atomic E-state index is 2.84. The van der Waals surface area contributed by atoms with Crippen molar-refractivity contribution in [1.82, 2.24) is 0 Å². The summed E-state index contributed by atoms with van der Waals surface area (Å²) in [5, 5.41) is 0. The van der Waals surface area contributed by atoms with Crippen LogP contribution in [0, 0.1) is 5.92 Å². The minimum atomic E-state index is -0.151. The molecule has 2 aromatic rings. The Balaban J connectivity index is 2.23. The summed E-state index contributed by atoms with van der Waals surface area (Å²) >= 11 is 0. The molecule has 2 aromatic carbocycles. The molecule has 4 rings (SSSR count). The standard InChI is InChI=1S/C32H47N2/c1-20(2)24-16-15-17-25(21(3)4)28(24)34-29(22(5)6)33(23(7)8)31(11)27-19-14-13-18-26(27)30(9,10)32(31,34)12/h13-23H,1-12H3/q+1/t31-,32+/m1/s1. The van der Waals surface area contributed by atoms with Crippen molar-refractivity contribution in [2.24, 2.45) is 5.92 Å². The van der Waals surface area contributed by atoms with Crippen LogP contribution >= 0.6 is 0 Å². The van der Waals surface area contributed by atoms with Crippen molar-refractivity contribution < 1.29 is 4.58 Å². The van der Waals surface area contributed by atoms with Crippen LogP contribution in [0.2, 0.25) is 0 Å². The number of nitrogens with zero attached hydrogens (tertiary/aromatic N) is 2. The van der Waals surface area contributed by atoms with Gasteiger partial charge in [0.25, 0.3) is 5.84 Å². The molecule has 0 fully saturated rings. The van der Waals surface area contributed by atoms with Gasteiger partial charge in [0.05, 0.1) is 12.0 Å². The number of para-hydroxylation sites is 1. The van der Waals surface area contributed by atoms with Gasteiger partial charge in [0.2, 0.25) is 0 Å². The Bertz CT molecular complexity index is 1110. The van der Waals surface area contributed by atoms with Gasteiger partial charge in [0, 0.05) is 22.1 Å². The van der Waals surface area contributed by atoms with E-state index in [0.29, 0.717) is 23.8 Å². The van der Waals surface area contributed by atoms with Crippen molar-refractivity contribution in [3.8, 4) is 0 Å². The second kappa shape index (κ2) is 7.97. The molecule has 0 N–H and O–H groups in total. The topological polar surface area (TPSA) is 6.25 Å². The molecule has 1 heterocycles. The van der Waals surface area contributed by atoms with Gasteiger partial charge in [-0.1, -0.05) is 97.9 Å². The van der Waals surface area contributed by atoms with Crippen molar-refractivity contribution in [2.75, 3.05) is 4.90 Å². The lowest BCUT2D eigenvalue weighted by molar-refractivity contribution is -0.640. The summed E-state index contributed by atoms with van der Waals surface area (Å²) in [4.78, 5) is 2.84. The molecule has 0 radical (unpaired) electrons. The van der Waals surface area contributed by atoms with Crippen LogP contribution in [0.1, 0.15) is 117 Å². The van der Waals surface area contributed by atoms with Crippen LogP contribution < -0.4 is 4.90 Å². The van der Waals surface area contributed by atoms with Gasteiger partial charge in [-0.25, -0.2) is 9.48 Å². The molecule has 0 saturated carbocycles. The molecule has 0 bridgehead atoms. The van der Waals surface area contributed by atoms with Crippen molar-refractivity contribution in [3.63, 3.8) is 0 Å². The van der Waals surface area contributed by atoms with Crippen molar-refractivity contribution >= 4 is 11.5 Å². The molecule has 0 unspecified atom stereocenters. The molecule has 1 aliphatic heterocycles. The van der Waals surface area contributed by atoms with E-state index < -0.39 is 0 Å². The van der Waals surface area contributed by atoms with Gasteiger partial charge in [-0.15, -0.1) is 0 Å². The molecule has 0 saturated heterocycles. The first kappa shape index (κ1) is 25.0. The van der Waals surface area contributed by atoms with Crippen molar-refractivity contribution in [1.29, 1.82) is 0 Å². The Morgan fingerprint density at radius 1 is 0.647 bits per heavy atom. The third-order valence-electron chi connectivity index (χ3n) is 9.29. The minimum Gasteiger partial charge on any atom is -0.249 e. The van der Waals surface area contributed by atoms with Crippen LogP contribution in [0.5, 0.6) is 0 Å². The molecule has 2 heteroatoms. The maximum Gasteiger partial charge on any atom is 0.256 e. The van der Waals surface area contributed by atoms with Gasteiger partial charge in [0.15, 0.2) is 11.1 Å². The first-order valence-corrected chi connectivity index (χ1v) is 13.4. The summed E-state index contributed by atoms with van der Waals surface area (Å²) < 4.78 is 2.78. The van der Waals surface area contributed by atoms with Crippen molar-refractivity contribution in [3.05, 3.63) is 64.7 Å². The zero-order chi connectivity index (χ0) is 25.4. The Kier molecular flexibility index (Phi) is 5.86. The molecular weight excluding hydrogens is 412 g/mol. The summed E-state index contributed by atoms with van der Waals surface area (Å²) in [5.74, 6) is 2.79. The summed E-state index contributed by atoms with van der Waals surface area (Å²) in [5.41, 5.74) is 7.03. The number of amidine groups is 1. The van der Waals surface area contributed by atoms with Gasteiger partial charge in [-0.2, -0.15) is 0 Å². The van der Waals surface area contributed by atoms with Crippen LogP contribution in [-0.4, -0.2) is 22.0 Å². The van der Waals surface area contributed by atoms with E-state index in [9.17, 15) is 0 Å². The highest BCUT2D eigenvalue weighted by atomic mass is 15.4. The summed E-state index contributed by atoms with van der Waals surface area (Å²) in [6.07, 6.45) is 0. The second-order valence-electron chi connectivity index (χ2n) is 12.7.